The second-order valence-corrected chi connectivity index (χ2v) is 4.02. The highest BCUT2D eigenvalue weighted by Gasteiger charge is 2.07. The number of nitrogens with zero attached hydrogens (tertiary/aromatic N) is 2. The van der Waals surface area contributed by atoms with Crippen molar-refractivity contribution in [3.8, 4) is 0 Å². The minimum Gasteiger partial charge on any atom is -0.263 e. The topological polar surface area (TPSA) is 25.8 Å². The third-order valence-corrected chi connectivity index (χ3v) is 3.13. The van der Waals surface area contributed by atoms with Crippen LogP contribution in [0.2, 0.25) is 0 Å². The van der Waals surface area contributed by atoms with Gasteiger partial charge in [0.15, 0.2) is 0 Å². The molecule has 74 valence electrons. The van der Waals surface area contributed by atoms with Gasteiger partial charge in [-0.1, -0.05) is 18.2 Å². The summed E-state index contributed by atoms with van der Waals surface area (Å²) in [7, 11) is 0. The average molecular weight is 204 g/mol. The van der Waals surface area contributed by atoms with Gasteiger partial charge in [0.2, 0.25) is 0 Å². The van der Waals surface area contributed by atoms with Gasteiger partial charge in [0.25, 0.3) is 0 Å². The molecule has 0 spiro atoms. The van der Waals surface area contributed by atoms with Crippen molar-refractivity contribution < 1.29 is 0 Å². The van der Waals surface area contributed by atoms with Gasteiger partial charge < -0.3 is 0 Å². The van der Waals surface area contributed by atoms with Crippen LogP contribution < -0.4 is 0 Å². The Labute approximate surface area is 91.9 Å². The number of hydrogen-bond donors (Lipinski definition) is 0. The lowest BCUT2D eigenvalue weighted by Crippen LogP contribution is -1.86. The summed E-state index contributed by atoms with van der Waals surface area (Å²) in [6.07, 6.45) is 5.68. The zero-order valence-corrected chi connectivity index (χ0v) is 8.51. The molecule has 0 radical (unpaired) electrons. The lowest BCUT2D eigenvalue weighted by molar-refractivity contribution is 1.38. The maximum atomic E-state index is 4.41. The van der Waals surface area contributed by atoms with Crippen LogP contribution in [0.4, 0.5) is 0 Å². The molecule has 0 amide bonds. The summed E-state index contributed by atoms with van der Waals surface area (Å²) in [6, 6.07) is 10.5. The van der Waals surface area contributed by atoms with Crippen LogP contribution >= 0.6 is 0 Å². The zero-order valence-electron chi connectivity index (χ0n) is 8.51. The van der Waals surface area contributed by atoms with Gasteiger partial charge in [-0.15, -0.1) is 0 Å². The molecular formula is C14H8N2. The van der Waals surface area contributed by atoms with Crippen LogP contribution in [0.1, 0.15) is 0 Å². The third kappa shape index (κ3) is 0.865. The van der Waals surface area contributed by atoms with Crippen LogP contribution in [0.3, 0.4) is 0 Å². The van der Waals surface area contributed by atoms with Crippen LogP contribution in [-0.4, -0.2) is 9.97 Å². The molecule has 4 aromatic rings. The summed E-state index contributed by atoms with van der Waals surface area (Å²) in [4.78, 5) is 8.66. The molecular weight excluding hydrogens is 196 g/mol. The molecule has 2 heteroatoms. The molecule has 0 atom stereocenters. The van der Waals surface area contributed by atoms with E-state index in [4.69, 9.17) is 0 Å². The van der Waals surface area contributed by atoms with Gasteiger partial charge in [-0.25, -0.2) is 0 Å². The van der Waals surface area contributed by atoms with E-state index < -0.39 is 0 Å². The molecule has 4 rings (SSSR count). The minimum atomic E-state index is 1.06. The molecule has 0 aliphatic rings. The van der Waals surface area contributed by atoms with Crippen molar-refractivity contribution in [2.75, 3.05) is 0 Å². The fourth-order valence-electron chi connectivity index (χ4n) is 2.41. The molecule has 0 bridgehead atoms. The van der Waals surface area contributed by atoms with E-state index in [0.717, 1.165) is 5.52 Å². The first-order valence-corrected chi connectivity index (χ1v) is 5.27. The summed E-state index contributed by atoms with van der Waals surface area (Å²) >= 11 is 0. The lowest BCUT2D eigenvalue weighted by Gasteiger charge is -2.08. The molecule has 0 fully saturated rings. The Morgan fingerprint density at radius 1 is 0.688 bits per heavy atom. The molecule has 0 unspecified atom stereocenters. The minimum absolute atomic E-state index is 1.06. The quantitative estimate of drug-likeness (QED) is 0.410. The summed E-state index contributed by atoms with van der Waals surface area (Å²) in [5, 5.41) is 6.14. The highest BCUT2D eigenvalue weighted by molar-refractivity contribution is 6.21. The maximum Gasteiger partial charge on any atom is 0.0714 e. The van der Waals surface area contributed by atoms with Gasteiger partial charge in [0, 0.05) is 40.1 Å². The Bertz CT molecular complexity index is 675. The zero-order chi connectivity index (χ0) is 10.5. The van der Waals surface area contributed by atoms with E-state index in [-0.39, 0.29) is 0 Å². The van der Waals surface area contributed by atoms with E-state index in [2.05, 4.69) is 40.3 Å². The number of benzene rings is 2. The number of pyridine rings is 2. The van der Waals surface area contributed by atoms with Crippen molar-refractivity contribution in [1.82, 2.24) is 9.97 Å². The molecule has 0 saturated carbocycles. The van der Waals surface area contributed by atoms with Crippen molar-refractivity contribution in [3.05, 3.63) is 48.9 Å². The van der Waals surface area contributed by atoms with Crippen LogP contribution in [-0.2, 0) is 0 Å². The van der Waals surface area contributed by atoms with E-state index in [0.29, 0.717) is 0 Å². The Kier molecular flexibility index (Phi) is 1.33. The molecule has 0 aliphatic carbocycles. The smallest absolute Gasteiger partial charge is 0.0714 e. The van der Waals surface area contributed by atoms with E-state index >= 15 is 0 Å². The predicted octanol–water partition coefficient (Wildman–Crippen LogP) is 3.37. The van der Waals surface area contributed by atoms with Crippen molar-refractivity contribution in [2.45, 2.75) is 0 Å². The van der Waals surface area contributed by atoms with Gasteiger partial charge in [-0.2, -0.15) is 0 Å². The predicted molar refractivity (Wildman–Crippen MR) is 65.7 cm³/mol. The SMILES string of the molecule is c1cc2ccc3cncc4ccc(n1)c2c34. The Balaban J connectivity index is 2.51. The fraction of sp³-hybridized carbons (Fsp3) is 0. The first kappa shape index (κ1) is 7.99. The van der Waals surface area contributed by atoms with Gasteiger partial charge in [0.1, 0.15) is 0 Å². The number of rotatable bonds is 0. The van der Waals surface area contributed by atoms with E-state index in [1.165, 1.54) is 26.9 Å². The second-order valence-electron chi connectivity index (χ2n) is 4.02. The van der Waals surface area contributed by atoms with Gasteiger partial charge in [0.05, 0.1) is 5.52 Å². The molecule has 2 aromatic carbocycles. The monoisotopic (exact) mass is 204 g/mol. The first-order valence-electron chi connectivity index (χ1n) is 5.27. The van der Waals surface area contributed by atoms with Crippen LogP contribution in [0.5, 0.6) is 0 Å². The number of aromatic nitrogens is 2. The molecule has 2 nitrogen and oxygen atoms in total. The first-order chi connectivity index (χ1) is 7.93. The van der Waals surface area contributed by atoms with Gasteiger partial charge in [-0.3, -0.25) is 9.97 Å². The van der Waals surface area contributed by atoms with Crippen LogP contribution in [0.25, 0.3) is 32.4 Å². The van der Waals surface area contributed by atoms with Gasteiger partial charge >= 0.3 is 0 Å². The lowest BCUT2D eigenvalue weighted by atomic mass is 9.99. The fourth-order valence-corrected chi connectivity index (χ4v) is 2.41. The molecule has 0 aliphatic heterocycles. The Hall–Kier alpha value is -2.22. The highest BCUT2D eigenvalue weighted by atomic mass is 14.7. The summed E-state index contributed by atoms with van der Waals surface area (Å²) in [5.74, 6) is 0. The standard InChI is InChI=1S/C14H8N2/c1-2-10-7-15-8-11-3-4-12-14(13(10)11)9(1)5-6-16-12/h1-8H. The van der Waals surface area contributed by atoms with Crippen molar-refractivity contribution in [1.29, 1.82) is 0 Å². The Morgan fingerprint density at radius 3 is 2.31 bits per heavy atom. The Morgan fingerprint density at radius 2 is 1.44 bits per heavy atom. The second kappa shape index (κ2) is 2.67. The maximum absolute atomic E-state index is 4.41. The largest absolute Gasteiger partial charge is 0.263 e. The molecule has 0 saturated heterocycles. The molecule has 16 heavy (non-hydrogen) atoms. The normalized spacial score (nSPS) is 11.8. The van der Waals surface area contributed by atoms with E-state index in [1.807, 2.05) is 18.6 Å². The summed E-state index contributed by atoms with van der Waals surface area (Å²) in [5.41, 5.74) is 1.06. The third-order valence-electron chi connectivity index (χ3n) is 3.13. The molecule has 2 aromatic heterocycles. The van der Waals surface area contributed by atoms with E-state index in [9.17, 15) is 0 Å². The van der Waals surface area contributed by atoms with Crippen LogP contribution in [0, 0.1) is 0 Å². The molecule has 2 heterocycles. The summed E-state index contributed by atoms with van der Waals surface area (Å²) in [6.45, 7) is 0. The van der Waals surface area contributed by atoms with Crippen molar-refractivity contribution in [2.24, 2.45) is 0 Å². The molecule has 0 N–H and O–H groups in total. The van der Waals surface area contributed by atoms with Crippen molar-refractivity contribution in [3.63, 3.8) is 0 Å². The van der Waals surface area contributed by atoms with Crippen molar-refractivity contribution >= 4 is 32.4 Å². The van der Waals surface area contributed by atoms with E-state index in [1.54, 1.807) is 0 Å². The highest BCUT2D eigenvalue weighted by Crippen LogP contribution is 2.32. The average Bonchev–Trinajstić information content (AvgIpc) is 2.36. The van der Waals surface area contributed by atoms with Gasteiger partial charge in [-0.05, 0) is 17.5 Å². The summed E-state index contributed by atoms with van der Waals surface area (Å²) < 4.78 is 0. The number of hydrogen-bond acceptors (Lipinski definition) is 2. The van der Waals surface area contributed by atoms with Crippen LogP contribution in [0.15, 0.2) is 48.9 Å².